The molecular formula is C14H21NO2. The van der Waals surface area contributed by atoms with E-state index < -0.39 is 0 Å². The van der Waals surface area contributed by atoms with Crippen LogP contribution in [-0.4, -0.2) is 20.3 Å². The Labute approximate surface area is 103 Å². The summed E-state index contributed by atoms with van der Waals surface area (Å²) >= 11 is 0. The van der Waals surface area contributed by atoms with Crippen molar-refractivity contribution in [1.29, 1.82) is 0 Å². The van der Waals surface area contributed by atoms with Gasteiger partial charge in [0, 0.05) is 18.6 Å². The van der Waals surface area contributed by atoms with Crippen molar-refractivity contribution in [3.63, 3.8) is 0 Å². The van der Waals surface area contributed by atoms with Crippen molar-refractivity contribution in [3.8, 4) is 5.75 Å². The Balaban J connectivity index is 2.28. The van der Waals surface area contributed by atoms with Crippen LogP contribution in [0.4, 0.5) is 0 Å². The first kappa shape index (κ1) is 12.4. The number of hydrogen-bond donors (Lipinski definition) is 1. The predicted octanol–water partition coefficient (Wildman–Crippen LogP) is 2.35. The lowest BCUT2D eigenvalue weighted by molar-refractivity contribution is 0.181. The fraction of sp³-hybridized carbons (Fsp3) is 0.571. The van der Waals surface area contributed by atoms with E-state index in [1.807, 2.05) is 0 Å². The summed E-state index contributed by atoms with van der Waals surface area (Å²) in [5.74, 6) is 1.38. The normalized spacial score (nSPS) is 21.5. The van der Waals surface area contributed by atoms with Crippen molar-refractivity contribution in [1.82, 2.24) is 0 Å². The van der Waals surface area contributed by atoms with Crippen molar-refractivity contribution in [2.45, 2.75) is 26.3 Å². The lowest BCUT2D eigenvalue weighted by Crippen LogP contribution is -2.22. The van der Waals surface area contributed by atoms with Crippen LogP contribution in [0.2, 0.25) is 0 Å². The van der Waals surface area contributed by atoms with E-state index in [1.165, 1.54) is 11.1 Å². The van der Waals surface area contributed by atoms with Gasteiger partial charge in [-0.2, -0.15) is 0 Å². The molecule has 1 aromatic carbocycles. The molecule has 1 aliphatic heterocycles. The third kappa shape index (κ3) is 2.45. The maximum atomic E-state index is 6.34. The minimum atomic E-state index is 0.0714. The van der Waals surface area contributed by atoms with Crippen LogP contribution in [-0.2, 0) is 4.74 Å². The average molecular weight is 235 g/mol. The van der Waals surface area contributed by atoms with Gasteiger partial charge in [0.1, 0.15) is 5.75 Å². The molecule has 2 rings (SSSR count). The third-order valence-corrected chi connectivity index (χ3v) is 3.62. The van der Waals surface area contributed by atoms with E-state index in [-0.39, 0.29) is 6.04 Å². The maximum Gasteiger partial charge on any atom is 0.122 e. The highest BCUT2D eigenvalue weighted by Gasteiger charge is 2.25. The van der Waals surface area contributed by atoms with E-state index in [0.717, 1.165) is 30.9 Å². The fourth-order valence-electron chi connectivity index (χ4n) is 2.48. The third-order valence-electron chi connectivity index (χ3n) is 3.62. The molecule has 2 atom stereocenters. The minimum absolute atomic E-state index is 0.0714. The Morgan fingerprint density at radius 2 is 2.12 bits per heavy atom. The molecule has 2 unspecified atom stereocenters. The molecule has 0 amide bonds. The Morgan fingerprint density at radius 3 is 2.71 bits per heavy atom. The molecule has 94 valence electrons. The lowest BCUT2D eigenvalue weighted by atomic mass is 9.89. The van der Waals surface area contributed by atoms with Gasteiger partial charge >= 0.3 is 0 Å². The van der Waals surface area contributed by atoms with Gasteiger partial charge in [-0.05, 0) is 43.0 Å². The Kier molecular flexibility index (Phi) is 3.69. The van der Waals surface area contributed by atoms with Crippen molar-refractivity contribution >= 4 is 0 Å². The standard InChI is InChI=1S/C14H21NO2/c1-9-7-13(16-3)10(2)6-12(9)14(15)11-4-5-17-8-11/h6-7,11,14H,4-5,8,15H2,1-3H3. The number of methoxy groups -OCH3 is 1. The molecule has 3 nitrogen and oxygen atoms in total. The first-order valence-corrected chi connectivity index (χ1v) is 6.12. The lowest BCUT2D eigenvalue weighted by Gasteiger charge is -2.21. The molecule has 0 bridgehead atoms. The quantitative estimate of drug-likeness (QED) is 0.874. The van der Waals surface area contributed by atoms with E-state index in [9.17, 15) is 0 Å². The molecular weight excluding hydrogens is 214 g/mol. The van der Waals surface area contributed by atoms with Crippen LogP contribution in [0.15, 0.2) is 12.1 Å². The van der Waals surface area contributed by atoms with Gasteiger partial charge in [0.05, 0.1) is 13.7 Å². The van der Waals surface area contributed by atoms with Gasteiger partial charge in [0.15, 0.2) is 0 Å². The minimum Gasteiger partial charge on any atom is -0.496 e. The topological polar surface area (TPSA) is 44.5 Å². The van der Waals surface area contributed by atoms with Gasteiger partial charge in [-0.1, -0.05) is 6.07 Å². The van der Waals surface area contributed by atoms with E-state index in [2.05, 4.69) is 26.0 Å². The van der Waals surface area contributed by atoms with Crippen LogP contribution >= 0.6 is 0 Å². The summed E-state index contributed by atoms with van der Waals surface area (Å²) in [6.45, 7) is 5.77. The number of hydrogen-bond acceptors (Lipinski definition) is 3. The zero-order valence-corrected chi connectivity index (χ0v) is 10.8. The van der Waals surface area contributed by atoms with Crippen LogP contribution < -0.4 is 10.5 Å². The summed E-state index contributed by atoms with van der Waals surface area (Å²) in [6.07, 6.45) is 1.06. The second-order valence-electron chi connectivity index (χ2n) is 4.83. The second kappa shape index (κ2) is 5.07. The molecule has 1 fully saturated rings. The van der Waals surface area contributed by atoms with Crippen molar-refractivity contribution in [2.75, 3.05) is 20.3 Å². The summed E-state index contributed by atoms with van der Waals surface area (Å²) in [7, 11) is 1.70. The van der Waals surface area contributed by atoms with Gasteiger partial charge in [-0.15, -0.1) is 0 Å². The molecule has 2 N–H and O–H groups in total. The van der Waals surface area contributed by atoms with Gasteiger partial charge < -0.3 is 15.2 Å². The van der Waals surface area contributed by atoms with Gasteiger partial charge in [0.25, 0.3) is 0 Å². The van der Waals surface area contributed by atoms with Crippen molar-refractivity contribution in [3.05, 3.63) is 28.8 Å². The van der Waals surface area contributed by atoms with Crippen LogP contribution in [0.5, 0.6) is 5.75 Å². The summed E-state index contributed by atoms with van der Waals surface area (Å²) in [5, 5.41) is 0. The molecule has 0 radical (unpaired) electrons. The molecule has 0 aliphatic carbocycles. The van der Waals surface area contributed by atoms with Crippen molar-refractivity contribution in [2.24, 2.45) is 11.7 Å². The molecule has 1 saturated heterocycles. The Bertz CT molecular complexity index is 397. The van der Waals surface area contributed by atoms with Crippen molar-refractivity contribution < 1.29 is 9.47 Å². The van der Waals surface area contributed by atoms with E-state index in [1.54, 1.807) is 7.11 Å². The van der Waals surface area contributed by atoms with E-state index in [0.29, 0.717) is 5.92 Å². The first-order chi connectivity index (χ1) is 8.13. The predicted molar refractivity (Wildman–Crippen MR) is 68.3 cm³/mol. The Hall–Kier alpha value is -1.06. The molecule has 0 aromatic heterocycles. The second-order valence-corrected chi connectivity index (χ2v) is 4.83. The summed E-state index contributed by atoms with van der Waals surface area (Å²) < 4.78 is 10.7. The van der Waals surface area contributed by atoms with E-state index >= 15 is 0 Å². The Morgan fingerprint density at radius 1 is 1.35 bits per heavy atom. The summed E-state index contributed by atoms with van der Waals surface area (Å²) in [5.41, 5.74) is 9.90. The van der Waals surface area contributed by atoms with Gasteiger partial charge in [0.2, 0.25) is 0 Å². The smallest absolute Gasteiger partial charge is 0.122 e. The molecule has 17 heavy (non-hydrogen) atoms. The first-order valence-electron chi connectivity index (χ1n) is 6.12. The fourth-order valence-corrected chi connectivity index (χ4v) is 2.48. The maximum absolute atomic E-state index is 6.34. The van der Waals surface area contributed by atoms with Crippen LogP contribution in [0, 0.1) is 19.8 Å². The van der Waals surface area contributed by atoms with Gasteiger partial charge in [-0.25, -0.2) is 0 Å². The zero-order valence-electron chi connectivity index (χ0n) is 10.8. The highest BCUT2D eigenvalue weighted by atomic mass is 16.5. The number of aryl methyl sites for hydroxylation is 2. The summed E-state index contributed by atoms with van der Waals surface area (Å²) in [4.78, 5) is 0. The molecule has 0 spiro atoms. The zero-order chi connectivity index (χ0) is 12.4. The van der Waals surface area contributed by atoms with Crippen LogP contribution in [0.25, 0.3) is 0 Å². The largest absolute Gasteiger partial charge is 0.496 e. The molecule has 0 saturated carbocycles. The number of nitrogens with two attached hydrogens (primary N) is 1. The van der Waals surface area contributed by atoms with Gasteiger partial charge in [-0.3, -0.25) is 0 Å². The number of ether oxygens (including phenoxy) is 2. The highest BCUT2D eigenvalue weighted by molar-refractivity contribution is 5.43. The molecule has 3 heteroatoms. The average Bonchev–Trinajstić information content (AvgIpc) is 2.84. The highest BCUT2D eigenvalue weighted by Crippen LogP contribution is 2.32. The molecule has 1 heterocycles. The molecule has 1 aliphatic rings. The van der Waals surface area contributed by atoms with Crippen LogP contribution in [0.1, 0.15) is 29.2 Å². The number of rotatable bonds is 3. The summed E-state index contributed by atoms with van der Waals surface area (Å²) in [6, 6.07) is 4.29. The molecule has 1 aromatic rings. The van der Waals surface area contributed by atoms with E-state index in [4.69, 9.17) is 15.2 Å². The SMILES string of the molecule is COc1cc(C)c(C(N)C2CCOC2)cc1C. The monoisotopic (exact) mass is 235 g/mol. The number of benzene rings is 1. The van der Waals surface area contributed by atoms with Crippen LogP contribution in [0.3, 0.4) is 0 Å².